The van der Waals surface area contributed by atoms with E-state index in [-0.39, 0.29) is 17.7 Å². The molecule has 4 aromatic rings. The zero-order valence-corrected chi connectivity index (χ0v) is 17.3. The number of urea groups is 1. The first-order valence-electron chi connectivity index (χ1n) is 9.91. The Bertz CT molecular complexity index is 1380. The van der Waals surface area contributed by atoms with Crippen LogP contribution in [0.3, 0.4) is 0 Å². The van der Waals surface area contributed by atoms with Crippen molar-refractivity contribution in [3.05, 3.63) is 64.8 Å². The molecular weight excluding hydrogens is 417 g/mol. The molecule has 2 heterocycles. The molecule has 0 radical (unpaired) electrons. The van der Waals surface area contributed by atoms with E-state index in [2.05, 4.69) is 20.7 Å². The molecule has 0 saturated heterocycles. The minimum absolute atomic E-state index is 0.177. The van der Waals surface area contributed by atoms with Gasteiger partial charge in [-0.05, 0) is 44.2 Å². The number of carbonyl (C=O) groups excluding carboxylic acids is 2. The van der Waals surface area contributed by atoms with Crippen molar-refractivity contribution in [1.29, 1.82) is 0 Å². The molecule has 2 aromatic heterocycles. The summed E-state index contributed by atoms with van der Waals surface area (Å²) in [5.74, 6) is -0.998. The number of H-pyrrole nitrogens is 1. The van der Waals surface area contributed by atoms with Crippen molar-refractivity contribution in [2.24, 2.45) is 0 Å². The molecule has 2 amide bonds. The highest BCUT2D eigenvalue weighted by Gasteiger charge is 2.17. The predicted molar refractivity (Wildman–Crippen MR) is 117 cm³/mol. The van der Waals surface area contributed by atoms with E-state index in [9.17, 15) is 18.8 Å². The van der Waals surface area contributed by atoms with Gasteiger partial charge in [-0.15, -0.1) is 0 Å². The van der Waals surface area contributed by atoms with Crippen molar-refractivity contribution in [3.63, 3.8) is 0 Å². The number of pyridine rings is 1. The smallest absolute Gasteiger partial charge is 0.328 e. The lowest BCUT2D eigenvalue weighted by Gasteiger charge is -2.13. The summed E-state index contributed by atoms with van der Waals surface area (Å²) >= 11 is 0. The predicted octanol–water partition coefficient (Wildman–Crippen LogP) is 3.08. The van der Waals surface area contributed by atoms with Crippen LogP contribution < -0.4 is 16.2 Å². The van der Waals surface area contributed by atoms with E-state index in [1.165, 1.54) is 23.9 Å². The van der Waals surface area contributed by atoms with Gasteiger partial charge in [-0.3, -0.25) is 14.9 Å². The van der Waals surface area contributed by atoms with Gasteiger partial charge in [-0.2, -0.15) is 0 Å². The molecule has 2 aromatic carbocycles. The average Bonchev–Trinajstić information content (AvgIpc) is 3.11. The van der Waals surface area contributed by atoms with Crippen molar-refractivity contribution in [2.45, 2.75) is 19.9 Å². The number of ether oxygens (including phenoxy) is 1. The SMILES string of the molecule is CCOC(=O)C(C)NC(=O)Nc1ccc(-n2[nH]c3c(cnc4c(F)cccc43)c2=O)cc1. The lowest BCUT2D eigenvalue weighted by atomic mass is 10.1. The van der Waals surface area contributed by atoms with Crippen LogP contribution in [-0.2, 0) is 9.53 Å². The third-order valence-electron chi connectivity index (χ3n) is 4.88. The van der Waals surface area contributed by atoms with Gasteiger partial charge in [0.2, 0.25) is 0 Å². The lowest BCUT2D eigenvalue weighted by molar-refractivity contribution is -0.144. The highest BCUT2D eigenvalue weighted by atomic mass is 19.1. The van der Waals surface area contributed by atoms with E-state index in [1.807, 2.05) is 0 Å². The van der Waals surface area contributed by atoms with Gasteiger partial charge >= 0.3 is 12.0 Å². The Labute approximate surface area is 181 Å². The fourth-order valence-electron chi connectivity index (χ4n) is 3.32. The first-order chi connectivity index (χ1) is 15.4. The monoisotopic (exact) mass is 437 g/mol. The number of nitrogens with one attached hydrogen (secondary N) is 3. The lowest BCUT2D eigenvalue weighted by Crippen LogP contribution is -2.41. The highest BCUT2D eigenvalue weighted by molar-refractivity contribution is 6.02. The van der Waals surface area contributed by atoms with Crippen LogP contribution in [0.5, 0.6) is 0 Å². The molecule has 3 N–H and O–H groups in total. The molecule has 32 heavy (non-hydrogen) atoms. The molecule has 9 nitrogen and oxygen atoms in total. The Kier molecular flexibility index (Phi) is 5.59. The van der Waals surface area contributed by atoms with E-state index in [1.54, 1.807) is 43.3 Å². The molecule has 0 aliphatic rings. The molecule has 0 fully saturated rings. The number of carbonyl (C=O) groups is 2. The van der Waals surface area contributed by atoms with Gasteiger partial charge in [-0.1, -0.05) is 12.1 Å². The number of nitrogens with zero attached hydrogens (tertiary/aromatic N) is 2. The van der Waals surface area contributed by atoms with Crippen LogP contribution in [0.25, 0.3) is 27.5 Å². The van der Waals surface area contributed by atoms with Crippen molar-refractivity contribution in [1.82, 2.24) is 20.1 Å². The van der Waals surface area contributed by atoms with Crippen LogP contribution in [0.1, 0.15) is 13.8 Å². The number of benzene rings is 2. The van der Waals surface area contributed by atoms with Gasteiger partial charge in [0.25, 0.3) is 5.56 Å². The van der Waals surface area contributed by atoms with Crippen LogP contribution in [0, 0.1) is 5.82 Å². The van der Waals surface area contributed by atoms with Crippen molar-refractivity contribution in [2.75, 3.05) is 11.9 Å². The second-order valence-corrected chi connectivity index (χ2v) is 7.05. The Hall–Kier alpha value is -4.21. The van der Waals surface area contributed by atoms with Crippen LogP contribution in [-0.4, -0.2) is 39.4 Å². The normalized spacial score (nSPS) is 12.0. The quantitative estimate of drug-likeness (QED) is 0.415. The molecule has 4 rings (SSSR count). The molecular formula is C22H20FN5O4. The number of halogens is 1. The van der Waals surface area contributed by atoms with E-state index in [0.717, 1.165) is 0 Å². The van der Waals surface area contributed by atoms with Crippen LogP contribution in [0.2, 0.25) is 0 Å². The van der Waals surface area contributed by atoms with Crippen molar-refractivity contribution >= 4 is 39.5 Å². The summed E-state index contributed by atoms with van der Waals surface area (Å²) in [6.45, 7) is 3.43. The molecule has 0 saturated carbocycles. The topological polar surface area (TPSA) is 118 Å². The molecule has 1 unspecified atom stereocenters. The molecule has 0 aliphatic carbocycles. The second-order valence-electron chi connectivity index (χ2n) is 7.05. The summed E-state index contributed by atoms with van der Waals surface area (Å²) in [4.78, 5) is 40.6. The molecule has 0 bridgehead atoms. The first kappa shape index (κ1) is 21.0. The maximum atomic E-state index is 14.0. The standard InChI is InChI=1S/C22H20FN5O4/c1-3-32-21(30)12(2)25-22(31)26-13-7-9-14(10-8-13)28-20(29)16-11-24-19-15(18(16)27-28)5-4-6-17(19)23/h4-12,27H,3H2,1-2H3,(H2,25,26,31). The number of hydrogen-bond donors (Lipinski definition) is 3. The van der Waals surface area contributed by atoms with E-state index in [0.29, 0.717) is 27.7 Å². The maximum Gasteiger partial charge on any atom is 0.328 e. The molecule has 164 valence electrons. The van der Waals surface area contributed by atoms with Gasteiger partial charge in [0, 0.05) is 17.3 Å². The number of aromatic nitrogens is 3. The second kappa shape index (κ2) is 8.50. The van der Waals surface area contributed by atoms with Gasteiger partial charge < -0.3 is 15.4 Å². The Balaban J connectivity index is 1.57. The highest BCUT2D eigenvalue weighted by Crippen LogP contribution is 2.23. The van der Waals surface area contributed by atoms with E-state index >= 15 is 0 Å². The fraction of sp³-hybridized carbons (Fsp3) is 0.182. The zero-order valence-electron chi connectivity index (χ0n) is 17.3. The largest absolute Gasteiger partial charge is 0.464 e. The van der Waals surface area contributed by atoms with Crippen molar-refractivity contribution < 1.29 is 18.7 Å². The summed E-state index contributed by atoms with van der Waals surface area (Å²) in [7, 11) is 0. The third-order valence-corrected chi connectivity index (χ3v) is 4.88. The number of amides is 2. The summed E-state index contributed by atoms with van der Waals surface area (Å²) < 4.78 is 20.2. The number of esters is 1. The number of fused-ring (bicyclic) bond motifs is 3. The Morgan fingerprint density at radius 1 is 1.19 bits per heavy atom. The summed E-state index contributed by atoms with van der Waals surface area (Å²) in [6, 6.07) is 9.68. The summed E-state index contributed by atoms with van der Waals surface area (Å²) in [5, 5.41) is 8.94. The minimum Gasteiger partial charge on any atom is -0.464 e. The van der Waals surface area contributed by atoms with E-state index < -0.39 is 23.9 Å². The summed E-state index contributed by atoms with van der Waals surface area (Å²) in [6.07, 6.45) is 1.35. The zero-order chi connectivity index (χ0) is 22.8. The first-order valence-corrected chi connectivity index (χ1v) is 9.91. The van der Waals surface area contributed by atoms with Crippen LogP contribution >= 0.6 is 0 Å². The van der Waals surface area contributed by atoms with Crippen molar-refractivity contribution in [3.8, 4) is 5.69 Å². The van der Waals surface area contributed by atoms with Gasteiger partial charge in [0.15, 0.2) is 0 Å². The number of rotatable bonds is 5. The number of anilines is 1. The van der Waals surface area contributed by atoms with Gasteiger partial charge in [0.1, 0.15) is 17.4 Å². The van der Waals surface area contributed by atoms with E-state index in [4.69, 9.17) is 4.74 Å². The molecule has 0 spiro atoms. The summed E-state index contributed by atoms with van der Waals surface area (Å²) in [5.41, 5.74) is 1.30. The van der Waals surface area contributed by atoms with Crippen LogP contribution in [0.4, 0.5) is 14.9 Å². The Morgan fingerprint density at radius 3 is 2.66 bits per heavy atom. The number of hydrogen-bond acceptors (Lipinski definition) is 5. The fourth-order valence-corrected chi connectivity index (χ4v) is 3.32. The third kappa shape index (κ3) is 3.89. The molecule has 10 heteroatoms. The number of aromatic amines is 1. The van der Waals surface area contributed by atoms with Gasteiger partial charge in [-0.25, -0.2) is 18.7 Å². The minimum atomic E-state index is -0.799. The van der Waals surface area contributed by atoms with Crippen LogP contribution in [0.15, 0.2) is 53.5 Å². The average molecular weight is 437 g/mol. The van der Waals surface area contributed by atoms with Gasteiger partial charge in [0.05, 0.1) is 23.2 Å². The Morgan fingerprint density at radius 2 is 1.94 bits per heavy atom. The number of para-hydroxylation sites is 1. The molecule has 0 aliphatic heterocycles. The maximum absolute atomic E-state index is 14.0. The molecule has 1 atom stereocenters.